The van der Waals surface area contributed by atoms with Crippen LogP contribution in [0.25, 0.3) is 0 Å². The van der Waals surface area contributed by atoms with E-state index in [1.807, 2.05) is 21.0 Å². The summed E-state index contributed by atoms with van der Waals surface area (Å²) in [5.41, 5.74) is -0.329. The van der Waals surface area contributed by atoms with Crippen molar-refractivity contribution in [2.45, 2.75) is 78.1 Å². The Morgan fingerprint density at radius 1 is 1.00 bits per heavy atom. The van der Waals surface area contributed by atoms with Crippen LogP contribution in [0.15, 0.2) is 4.99 Å². The predicted molar refractivity (Wildman–Crippen MR) is 133 cm³/mol. The zero-order chi connectivity index (χ0) is 21.5. The van der Waals surface area contributed by atoms with Crippen LogP contribution in [0.4, 0.5) is 0 Å². The number of esters is 1. The first-order chi connectivity index (χ1) is 13.9. The molecule has 1 rings (SSSR count). The fraction of sp³-hybridized carbons (Fsp3) is 0.864. The van der Waals surface area contributed by atoms with Crippen LogP contribution >= 0.6 is 24.0 Å². The Labute approximate surface area is 200 Å². The van der Waals surface area contributed by atoms with Gasteiger partial charge in [-0.3, -0.25) is 14.6 Å². The molecule has 7 nitrogen and oxygen atoms in total. The molecule has 1 fully saturated rings. The number of unbranched alkanes of at least 4 members (excludes halogenated alkanes) is 4. The number of carbonyl (C=O) groups excluding carboxylic acids is 2. The standard InChI is InChI=1S/C22H42N4O3.HI/c1-5-23-21(24-17-13-9-7-8-10-14-19(27)29-6-2)25-18-22(15-11-12-16-22)20(28)26(3)4;/h5-18H2,1-4H3,(H2,23,24,25);1H. The number of aliphatic imine (C=N–C) groups is 1. The van der Waals surface area contributed by atoms with Crippen molar-refractivity contribution in [3.8, 4) is 0 Å². The number of rotatable bonds is 13. The van der Waals surface area contributed by atoms with Crippen LogP contribution in [0.3, 0.4) is 0 Å². The molecule has 0 atom stereocenters. The molecule has 1 aliphatic carbocycles. The molecular weight excluding hydrogens is 495 g/mol. The van der Waals surface area contributed by atoms with Gasteiger partial charge in [0.1, 0.15) is 0 Å². The second-order valence-electron chi connectivity index (χ2n) is 8.13. The third kappa shape index (κ3) is 10.8. The van der Waals surface area contributed by atoms with Crippen LogP contribution in [0, 0.1) is 5.41 Å². The van der Waals surface area contributed by atoms with Crippen LogP contribution < -0.4 is 10.6 Å². The van der Waals surface area contributed by atoms with Crippen LogP contribution in [-0.4, -0.2) is 63.1 Å². The SMILES string of the molecule is CCNC(=NCC1(C(=O)N(C)C)CCCC1)NCCCCCCCC(=O)OCC.I. The first-order valence-electron chi connectivity index (χ1n) is 11.3. The minimum Gasteiger partial charge on any atom is -0.466 e. The third-order valence-electron chi connectivity index (χ3n) is 5.46. The summed E-state index contributed by atoms with van der Waals surface area (Å²) in [5.74, 6) is 0.915. The number of hydrogen-bond donors (Lipinski definition) is 2. The van der Waals surface area contributed by atoms with Gasteiger partial charge in [0, 0.05) is 33.6 Å². The number of amides is 1. The van der Waals surface area contributed by atoms with Gasteiger partial charge >= 0.3 is 5.97 Å². The summed E-state index contributed by atoms with van der Waals surface area (Å²) in [4.78, 5) is 30.4. The van der Waals surface area contributed by atoms with Crippen molar-refractivity contribution in [3.63, 3.8) is 0 Å². The number of hydrogen-bond acceptors (Lipinski definition) is 4. The second-order valence-corrected chi connectivity index (χ2v) is 8.13. The molecular formula is C22H43IN4O3. The highest BCUT2D eigenvalue weighted by atomic mass is 127. The lowest BCUT2D eigenvalue weighted by molar-refractivity contribution is -0.143. The number of guanidine groups is 1. The fourth-order valence-electron chi connectivity index (χ4n) is 3.90. The van der Waals surface area contributed by atoms with Crippen molar-refractivity contribution in [1.29, 1.82) is 0 Å². The van der Waals surface area contributed by atoms with Crippen molar-refractivity contribution in [2.24, 2.45) is 10.4 Å². The molecule has 0 radical (unpaired) electrons. The topological polar surface area (TPSA) is 83.0 Å². The molecule has 0 saturated heterocycles. The van der Waals surface area contributed by atoms with Crippen molar-refractivity contribution < 1.29 is 14.3 Å². The quantitative estimate of drug-likeness (QED) is 0.123. The Hall–Kier alpha value is -1.06. The molecule has 1 saturated carbocycles. The number of carbonyl (C=O) groups is 2. The van der Waals surface area contributed by atoms with E-state index in [0.717, 1.165) is 76.8 Å². The van der Waals surface area contributed by atoms with Gasteiger partial charge < -0.3 is 20.3 Å². The maximum Gasteiger partial charge on any atom is 0.305 e. The molecule has 0 aromatic heterocycles. The largest absolute Gasteiger partial charge is 0.466 e. The molecule has 176 valence electrons. The molecule has 0 bridgehead atoms. The number of nitrogens with one attached hydrogen (secondary N) is 2. The number of nitrogens with zero attached hydrogens (tertiary/aromatic N) is 2. The smallest absolute Gasteiger partial charge is 0.305 e. The molecule has 30 heavy (non-hydrogen) atoms. The Morgan fingerprint density at radius 3 is 2.23 bits per heavy atom. The van der Waals surface area contributed by atoms with E-state index in [9.17, 15) is 9.59 Å². The highest BCUT2D eigenvalue weighted by molar-refractivity contribution is 14.0. The summed E-state index contributed by atoms with van der Waals surface area (Å²) in [6.07, 6.45) is 9.86. The minimum absolute atomic E-state index is 0. The first-order valence-corrected chi connectivity index (χ1v) is 11.3. The zero-order valence-corrected chi connectivity index (χ0v) is 21.8. The van der Waals surface area contributed by atoms with E-state index in [2.05, 4.69) is 17.6 Å². The highest BCUT2D eigenvalue weighted by Crippen LogP contribution is 2.39. The van der Waals surface area contributed by atoms with E-state index in [4.69, 9.17) is 9.73 Å². The summed E-state index contributed by atoms with van der Waals surface area (Å²) in [6.45, 7) is 6.56. The van der Waals surface area contributed by atoms with Crippen molar-refractivity contribution in [1.82, 2.24) is 15.5 Å². The van der Waals surface area contributed by atoms with Crippen molar-refractivity contribution in [3.05, 3.63) is 0 Å². The molecule has 0 aliphatic heterocycles. The highest BCUT2D eigenvalue weighted by Gasteiger charge is 2.42. The Bertz CT molecular complexity index is 521. The Kier molecular flexibility index (Phi) is 16.0. The summed E-state index contributed by atoms with van der Waals surface area (Å²) >= 11 is 0. The predicted octanol–water partition coefficient (Wildman–Crippen LogP) is 3.71. The van der Waals surface area contributed by atoms with Crippen LogP contribution in [0.1, 0.15) is 78.1 Å². The van der Waals surface area contributed by atoms with E-state index >= 15 is 0 Å². The van der Waals surface area contributed by atoms with Gasteiger partial charge in [-0.2, -0.15) is 0 Å². The monoisotopic (exact) mass is 538 g/mol. The summed E-state index contributed by atoms with van der Waals surface area (Å²) in [7, 11) is 3.67. The maximum atomic E-state index is 12.7. The molecule has 0 spiro atoms. The summed E-state index contributed by atoms with van der Waals surface area (Å²) in [6, 6.07) is 0. The van der Waals surface area contributed by atoms with Gasteiger partial charge in [0.25, 0.3) is 0 Å². The van der Waals surface area contributed by atoms with Gasteiger partial charge in [-0.25, -0.2) is 0 Å². The third-order valence-corrected chi connectivity index (χ3v) is 5.46. The van der Waals surface area contributed by atoms with Crippen LogP contribution in [-0.2, 0) is 14.3 Å². The summed E-state index contributed by atoms with van der Waals surface area (Å²) < 4.78 is 4.94. The average molecular weight is 539 g/mol. The molecule has 1 amide bonds. The average Bonchev–Trinajstić information content (AvgIpc) is 3.17. The lowest BCUT2D eigenvalue weighted by Crippen LogP contribution is -2.43. The maximum absolute atomic E-state index is 12.7. The van der Waals surface area contributed by atoms with Crippen LogP contribution in [0.5, 0.6) is 0 Å². The van der Waals surface area contributed by atoms with Gasteiger partial charge in [-0.15, -0.1) is 24.0 Å². The lowest BCUT2D eigenvalue weighted by Gasteiger charge is -2.29. The van der Waals surface area contributed by atoms with Crippen molar-refractivity contribution in [2.75, 3.05) is 40.3 Å². The van der Waals surface area contributed by atoms with E-state index < -0.39 is 0 Å². The molecule has 0 aromatic carbocycles. The second kappa shape index (κ2) is 16.6. The van der Waals surface area contributed by atoms with Gasteiger partial charge in [0.15, 0.2) is 5.96 Å². The molecule has 0 heterocycles. The fourth-order valence-corrected chi connectivity index (χ4v) is 3.90. The van der Waals surface area contributed by atoms with E-state index in [1.165, 1.54) is 0 Å². The molecule has 8 heteroatoms. The normalized spacial score (nSPS) is 15.3. The molecule has 2 N–H and O–H groups in total. The molecule has 0 aromatic rings. The van der Waals surface area contributed by atoms with Gasteiger partial charge in [-0.05, 0) is 39.5 Å². The van der Waals surface area contributed by atoms with Crippen LogP contribution in [0.2, 0.25) is 0 Å². The Balaban J connectivity index is 0.00000841. The van der Waals surface area contributed by atoms with E-state index in [0.29, 0.717) is 19.6 Å². The minimum atomic E-state index is -0.329. The van der Waals surface area contributed by atoms with Gasteiger partial charge in [0.05, 0.1) is 18.6 Å². The lowest BCUT2D eigenvalue weighted by atomic mass is 9.85. The summed E-state index contributed by atoms with van der Waals surface area (Å²) in [5, 5.41) is 6.69. The first kappa shape index (κ1) is 28.9. The molecule has 1 aliphatic rings. The van der Waals surface area contributed by atoms with Crippen molar-refractivity contribution >= 4 is 41.8 Å². The Morgan fingerprint density at radius 2 is 1.63 bits per heavy atom. The molecule has 0 unspecified atom stereocenters. The number of ether oxygens (including phenoxy) is 1. The van der Waals surface area contributed by atoms with Gasteiger partial charge in [-0.1, -0.05) is 32.1 Å². The van der Waals surface area contributed by atoms with E-state index in [-0.39, 0.29) is 41.3 Å². The zero-order valence-electron chi connectivity index (χ0n) is 19.4. The number of halogens is 1. The van der Waals surface area contributed by atoms with E-state index in [1.54, 1.807) is 4.90 Å². The van der Waals surface area contributed by atoms with Gasteiger partial charge in [0.2, 0.25) is 5.91 Å².